The number of carbonyl (C=O) groups excluding carboxylic acids is 1. The SMILES string of the molecule is CSCCOCCOCC(N)=O.[Na+]. The smallest absolute Gasteiger partial charge is 0.378 e. The summed E-state index contributed by atoms with van der Waals surface area (Å²) < 4.78 is 10.0. The van der Waals surface area contributed by atoms with Crippen LogP contribution < -0.4 is 35.3 Å². The van der Waals surface area contributed by atoms with Gasteiger partial charge in [0.25, 0.3) is 0 Å². The van der Waals surface area contributed by atoms with Crippen LogP contribution in [-0.2, 0) is 14.3 Å². The summed E-state index contributed by atoms with van der Waals surface area (Å²) in [6.45, 7) is 1.65. The van der Waals surface area contributed by atoms with E-state index in [1.807, 2.05) is 6.26 Å². The van der Waals surface area contributed by atoms with E-state index in [-0.39, 0.29) is 36.2 Å². The number of nitrogens with two attached hydrogens (primary N) is 1. The molecule has 2 N–H and O–H groups in total. The standard InChI is InChI=1S/C7H15NO3S.Na/c1-12-5-4-10-2-3-11-6-7(8)9;/h2-6H2,1H3,(H2,8,9);/q;+1. The molecule has 0 unspecified atom stereocenters. The molecule has 4 nitrogen and oxygen atoms in total. The van der Waals surface area contributed by atoms with Crippen LogP contribution in [-0.4, -0.2) is 44.3 Å². The van der Waals surface area contributed by atoms with Crippen LogP contribution in [0.3, 0.4) is 0 Å². The van der Waals surface area contributed by atoms with Crippen LogP contribution in [0, 0.1) is 0 Å². The molecule has 0 fully saturated rings. The van der Waals surface area contributed by atoms with Crippen molar-refractivity contribution in [1.29, 1.82) is 0 Å². The second-order valence-electron chi connectivity index (χ2n) is 2.12. The minimum atomic E-state index is -0.445. The van der Waals surface area contributed by atoms with Crippen LogP contribution >= 0.6 is 11.8 Å². The molecule has 0 rings (SSSR count). The van der Waals surface area contributed by atoms with E-state index in [0.29, 0.717) is 13.2 Å². The Balaban J connectivity index is 0. The van der Waals surface area contributed by atoms with E-state index in [4.69, 9.17) is 15.2 Å². The van der Waals surface area contributed by atoms with Crippen molar-refractivity contribution in [3.63, 3.8) is 0 Å². The Bertz CT molecular complexity index is 126. The number of rotatable bonds is 8. The molecular weight excluding hydrogens is 201 g/mol. The summed E-state index contributed by atoms with van der Waals surface area (Å²) in [5.41, 5.74) is 4.85. The van der Waals surface area contributed by atoms with Gasteiger partial charge >= 0.3 is 29.6 Å². The number of amides is 1. The zero-order valence-corrected chi connectivity index (χ0v) is 11.1. The van der Waals surface area contributed by atoms with Crippen LogP contribution in [0.5, 0.6) is 0 Å². The average Bonchev–Trinajstić information content (AvgIpc) is 2.02. The van der Waals surface area contributed by atoms with E-state index in [1.165, 1.54) is 0 Å². The van der Waals surface area contributed by atoms with Crippen molar-refractivity contribution in [2.24, 2.45) is 5.73 Å². The molecule has 0 radical (unpaired) electrons. The molecule has 0 aromatic rings. The zero-order chi connectivity index (χ0) is 9.23. The van der Waals surface area contributed by atoms with E-state index in [9.17, 15) is 4.79 Å². The third-order valence-corrected chi connectivity index (χ3v) is 1.62. The molecule has 0 heterocycles. The largest absolute Gasteiger partial charge is 1.00 e. The van der Waals surface area contributed by atoms with Crippen molar-refractivity contribution in [3.8, 4) is 0 Å². The maximum absolute atomic E-state index is 10.2. The summed E-state index contributed by atoms with van der Waals surface area (Å²) in [6, 6.07) is 0. The van der Waals surface area contributed by atoms with Gasteiger partial charge in [0.05, 0.1) is 19.8 Å². The second-order valence-corrected chi connectivity index (χ2v) is 3.11. The van der Waals surface area contributed by atoms with E-state index >= 15 is 0 Å². The predicted molar refractivity (Wildman–Crippen MR) is 49.2 cm³/mol. The molecule has 0 saturated carbocycles. The minimum absolute atomic E-state index is 0. The first-order valence-corrected chi connectivity index (χ1v) is 5.09. The van der Waals surface area contributed by atoms with Gasteiger partial charge in [-0.3, -0.25) is 4.79 Å². The molecule has 0 bridgehead atoms. The van der Waals surface area contributed by atoms with E-state index in [2.05, 4.69) is 0 Å². The molecule has 0 spiro atoms. The molecule has 0 aromatic carbocycles. The molecule has 1 amide bonds. The molecular formula is C7H15NNaO3S+. The quantitative estimate of drug-likeness (QED) is 0.344. The third-order valence-electron chi connectivity index (χ3n) is 1.05. The van der Waals surface area contributed by atoms with Crippen LogP contribution in [0.2, 0.25) is 0 Å². The first-order valence-electron chi connectivity index (χ1n) is 3.70. The number of primary amides is 1. The molecule has 0 aromatic heterocycles. The van der Waals surface area contributed by atoms with E-state index in [1.54, 1.807) is 11.8 Å². The fourth-order valence-electron chi connectivity index (χ4n) is 0.535. The van der Waals surface area contributed by atoms with Crippen molar-refractivity contribution in [1.82, 2.24) is 0 Å². The van der Waals surface area contributed by atoms with Gasteiger partial charge in [0.15, 0.2) is 0 Å². The van der Waals surface area contributed by atoms with Crippen LogP contribution in [0.1, 0.15) is 0 Å². The zero-order valence-electron chi connectivity index (χ0n) is 8.25. The van der Waals surface area contributed by atoms with Crippen molar-refractivity contribution in [3.05, 3.63) is 0 Å². The summed E-state index contributed by atoms with van der Waals surface area (Å²) >= 11 is 1.73. The molecule has 72 valence electrons. The van der Waals surface area contributed by atoms with E-state index < -0.39 is 5.91 Å². The maximum Gasteiger partial charge on any atom is 1.00 e. The molecule has 0 saturated heterocycles. The predicted octanol–water partition coefficient (Wildman–Crippen LogP) is -3.13. The average molecular weight is 216 g/mol. The monoisotopic (exact) mass is 216 g/mol. The van der Waals surface area contributed by atoms with Crippen LogP contribution in [0.25, 0.3) is 0 Å². The van der Waals surface area contributed by atoms with Gasteiger partial charge in [0.2, 0.25) is 5.91 Å². The van der Waals surface area contributed by atoms with Crippen LogP contribution in [0.15, 0.2) is 0 Å². The molecule has 13 heavy (non-hydrogen) atoms. The number of hydrogen-bond acceptors (Lipinski definition) is 4. The van der Waals surface area contributed by atoms with Gasteiger partial charge in [-0.1, -0.05) is 0 Å². The molecule has 6 heteroatoms. The van der Waals surface area contributed by atoms with Crippen molar-refractivity contribution in [2.45, 2.75) is 0 Å². The third kappa shape index (κ3) is 15.5. The Morgan fingerprint density at radius 2 is 1.92 bits per heavy atom. The normalized spacial score (nSPS) is 9.31. The Morgan fingerprint density at radius 3 is 2.46 bits per heavy atom. The fraction of sp³-hybridized carbons (Fsp3) is 0.857. The number of thioether (sulfide) groups is 1. The Hall–Kier alpha value is 0.740. The van der Waals surface area contributed by atoms with Crippen LogP contribution in [0.4, 0.5) is 0 Å². The van der Waals surface area contributed by atoms with Crippen molar-refractivity contribution < 1.29 is 43.8 Å². The summed E-state index contributed by atoms with van der Waals surface area (Å²) in [5, 5.41) is 0. The second kappa shape index (κ2) is 12.7. The fourth-order valence-corrected chi connectivity index (χ4v) is 0.819. The summed E-state index contributed by atoms with van der Waals surface area (Å²) in [6.07, 6.45) is 2.02. The Morgan fingerprint density at radius 1 is 1.31 bits per heavy atom. The van der Waals surface area contributed by atoms with Gasteiger partial charge in [0.1, 0.15) is 6.61 Å². The van der Waals surface area contributed by atoms with Gasteiger partial charge in [-0.25, -0.2) is 0 Å². The topological polar surface area (TPSA) is 61.6 Å². The van der Waals surface area contributed by atoms with Gasteiger partial charge in [0, 0.05) is 5.75 Å². The number of carbonyl (C=O) groups is 1. The Labute approximate surface area is 105 Å². The maximum atomic E-state index is 10.2. The van der Waals surface area contributed by atoms with E-state index in [0.717, 1.165) is 12.4 Å². The van der Waals surface area contributed by atoms with Crippen molar-refractivity contribution in [2.75, 3.05) is 38.4 Å². The summed E-state index contributed by atoms with van der Waals surface area (Å²) in [5.74, 6) is 0.537. The number of hydrogen-bond donors (Lipinski definition) is 1. The molecule has 0 aliphatic heterocycles. The Kier molecular flexibility index (Phi) is 15.9. The van der Waals surface area contributed by atoms with Gasteiger partial charge in [-0.2, -0.15) is 11.8 Å². The van der Waals surface area contributed by atoms with Gasteiger partial charge < -0.3 is 15.2 Å². The van der Waals surface area contributed by atoms with Gasteiger partial charge in [-0.15, -0.1) is 0 Å². The van der Waals surface area contributed by atoms with Gasteiger partial charge in [-0.05, 0) is 6.26 Å². The number of ether oxygens (including phenoxy) is 2. The molecule has 0 aliphatic rings. The minimum Gasteiger partial charge on any atom is -0.378 e. The summed E-state index contributed by atoms with van der Waals surface area (Å²) in [4.78, 5) is 10.2. The molecule has 0 atom stereocenters. The summed E-state index contributed by atoms with van der Waals surface area (Å²) in [7, 11) is 0. The van der Waals surface area contributed by atoms with Crippen molar-refractivity contribution >= 4 is 17.7 Å². The molecule has 0 aliphatic carbocycles. The first kappa shape index (κ1) is 16.2. The first-order chi connectivity index (χ1) is 5.77.